The number of benzene rings is 1. The predicted octanol–water partition coefficient (Wildman–Crippen LogP) is 2.96. The van der Waals surface area contributed by atoms with E-state index in [2.05, 4.69) is 15.0 Å². The highest BCUT2D eigenvalue weighted by Crippen LogP contribution is 2.25. The average Bonchev–Trinajstić information content (AvgIpc) is 2.96. The van der Waals surface area contributed by atoms with Crippen molar-refractivity contribution in [2.75, 3.05) is 23.9 Å². The van der Waals surface area contributed by atoms with E-state index in [0.29, 0.717) is 5.13 Å². The van der Waals surface area contributed by atoms with E-state index in [1.54, 1.807) is 0 Å². The number of nitrogens with one attached hydrogen (secondary N) is 1. The maximum Gasteiger partial charge on any atom is 0.315 e. The molecule has 1 amide bonds. The fraction of sp³-hybridized carbons (Fsp3) is 0.267. The van der Waals surface area contributed by atoms with Crippen LogP contribution in [-0.2, 0) is 14.3 Å². The summed E-state index contributed by atoms with van der Waals surface area (Å²) in [7, 11) is 1.32. The first-order valence-corrected chi connectivity index (χ1v) is 8.59. The molecule has 0 aliphatic rings. The summed E-state index contributed by atoms with van der Waals surface area (Å²) in [6, 6.07) is 8.05. The number of amides is 1. The highest BCUT2D eigenvalue weighted by Gasteiger charge is 2.09. The molecule has 116 valence electrons. The number of methoxy groups -OCH3 is 1. The maximum absolute atomic E-state index is 11.8. The Bertz CT molecular complexity index is 653. The lowest BCUT2D eigenvalue weighted by atomic mass is 10.1. The number of esters is 1. The monoisotopic (exact) mass is 336 g/mol. The van der Waals surface area contributed by atoms with Crippen LogP contribution in [0.3, 0.4) is 0 Å². The minimum absolute atomic E-state index is 0.163. The standard InChI is InChI=1S/C15H16N2O3S2/c1-10-3-5-11(6-4-10)12-7-22-15(16-12)17-13(18)8-21-9-14(19)20-2/h3-7H,8-9H2,1-2H3,(H,16,17,18). The Morgan fingerprint density at radius 1 is 1.27 bits per heavy atom. The number of rotatable bonds is 6. The molecule has 2 aromatic rings. The first-order valence-electron chi connectivity index (χ1n) is 6.55. The Hall–Kier alpha value is -1.86. The lowest BCUT2D eigenvalue weighted by molar-refractivity contribution is -0.137. The number of hydrogen-bond acceptors (Lipinski definition) is 6. The van der Waals surface area contributed by atoms with Gasteiger partial charge < -0.3 is 10.1 Å². The topological polar surface area (TPSA) is 68.3 Å². The quantitative estimate of drug-likeness (QED) is 0.822. The molecule has 0 bridgehead atoms. The van der Waals surface area contributed by atoms with E-state index in [-0.39, 0.29) is 23.4 Å². The third kappa shape index (κ3) is 4.85. The second-order valence-corrected chi connectivity index (χ2v) is 6.36. The zero-order valence-corrected chi connectivity index (χ0v) is 13.9. The number of nitrogens with zero attached hydrogens (tertiary/aromatic N) is 1. The van der Waals surface area contributed by atoms with Gasteiger partial charge in [-0.05, 0) is 6.92 Å². The van der Waals surface area contributed by atoms with Crippen molar-refractivity contribution < 1.29 is 14.3 Å². The molecule has 1 aromatic carbocycles. The van der Waals surface area contributed by atoms with Crippen molar-refractivity contribution in [3.05, 3.63) is 35.2 Å². The molecular weight excluding hydrogens is 320 g/mol. The van der Waals surface area contributed by atoms with Gasteiger partial charge in [0.25, 0.3) is 0 Å². The van der Waals surface area contributed by atoms with Gasteiger partial charge in [0.05, 0.1) is 24.3 Å². The summed E-state index contributed by atoms with van der Waals surface area (Å²) >= 11 is 2.59. The minimum atomic E-state index is -0.339. The molecule has 1 N–H and O–H groups in total. The number of hydrogen-bond donors (Lipinski definition) is 1. The van der Waals surface area contributed by atoms with Gasteiger partial charge in [-0.1, -0.05) is 29.8 Å². The predicted molar refractivity (Wildman–Crippen MR) is 90.3 cm³/mol. The summed E-state index contributed by atoms with van der Waals surface area (Å²) in [5, 5.41) is 5.19. The molecule has 1 heterocycles. The van der Waals surface area contributed by atoms with Gasteiger partial charge in [0, 0.05) is 10.9 Å². The maximum atomic E-state index is 11.8. The van der Waals surface area contributed by atoms with Crippen molar-refractivity contribution in [3.8, 4) is 11.3 Å². The first kappa shape index (κ1) is 16.5. The van der Waals surface area contributed by atoms with Crippen molar-refractivity contribution in [1.82, 2.24) is 4.98 Å². The van der Waals surface area contributed by atoms with Crippen molar-refractivity contribution in [2.24, 2.45) is 0 Å². The molecule has 0 fully saturated rings. The molecule has 0 aliphatic heterocycles. The third-order valence-corrected chi connectivity index (χ3v) is 4.44. The molecule has 7 heteroatoms. The lowest BCUT2D eigenvalue weighted by Crippen LogP contribution is -2.15. The number of anilines is 1. The van der Waals surface area contributed by atoms with Crippen LogP contribution in [0, 0.1) is 6.92 Å². The number of carbonyl (C=O) groups excluding carboxylic acids is 2. The Kier molecular flexibility index (Phi) is 5.97. The molecule has 2 rings (SSSR count). The zero-order valence-electron chi connectivity index (χ0n) is 12.3. The van der Waals surface area contributed by atoms with Crippen LogP contribution in [0.5, 0.6) is 0 Å². The van der Waals surface area contributed by atoms with E-state index in [0.717, 1.165) is 11.3 Å². The summed E-state index contributed by atoms with van der Waals surface area (Å²) in [6.07, 6.45) is 0. The molecule has 22 heavy (non-hydrogen) atoms. The Balaban J connectivity index is 1.87. The van der Waals surface area contributed by atoms with Crippen molar-refractivity contribution >= 4 is 40.1 Å². The summed E-state index contributed by atoms with van der Waals surface area (Å²) in [5.74, 6) is -0.169. The summed E-state index contributed by atoms with van der Waals surface area (Å²) in [5.41, 5.74) is 3.04. The first-order chi connectivity index (χ1) is 10.6. The second kappa shape index (κ2) is 7.95. The largest absolute Gasteiger partial charge is 0.468 e. The van der Waals surface area contributed by atoms with E-state index in [4.69, 9.17) is 0 Å². The van der Waals surface area contributed by atoms with E-state index >= 15 is 0 Å². The van der Waals surface area contributed by atoms with Gasteiger partial charge in [-0.25, -0.2) is 4.98 Å². The average molecular weight is 336 g/mol. The number of aromatic nitrogens is 1. The van der Waals surface area contributed by atoms with Gasteiger partial charge in [0.15, 0.2) is 5.13 Å². The number of thioether (sulfide) groups is 1. The van der Waals surface area contributed by atoms with E-state index < -0.39 is 0 Å². The number of ether oxygens (including phenoxy) is 1. The fourth-order valence-electron chi connectivity index (χ4n) is 1.63. The number of carbonyl (C=O) groups is 2. The molecule has 0 unspecified atom stereocenters. The van der Waals surface area contributed by atoms with Crippen LogP contribution < -0.4 is 5.32 Å². The van der Waals surface area contributed by atoms with Crippen LogP contribution in [0.15, 0.2) is 29.6 Å². The Morgan fingerprint density at radius 3 is 2.68 bits per heavy atom. The van der Waals surface area contributed by atoms with E-state index in [1.807, 2.05) is 36.6 Å². The Labute approximate surface area is 137 Å². The van der Waals surface area contributed by atoms with Crippen molar-refractivity contribution in [2.45, 2.75) is 6.92 Å². The van der Waals surface area contributed by atoms with Gasteiger partial charge in [-0.3, -0.25) is 9.59 Å². The lowest BCUT2D eigenvalue weighted by Gasteiger charge is -2.01. The Morgan fingerprint density at radius 2 is 2.00 bits per heavy atom. The third-order valence-electron chi connectivity index (χ3n) is 2.78. The molecule has 5 nitrogen and oxygen atoms in total. The van der Waals surface area contributed by atoms with Crippen molar-refractivity contribution in [1.29, 1.82) is 0 Å². The summed E-state index contributed by atoms with van der Waals surface area (Å²) in [4.78, 5) is 27.1. The van der Waals surface area contributed by atoms with Gasteiger partial charge in [-0.15, -0.1) is 23.1 Å². The van der Waals surface area contributed by atoms with Crippen molar-refractivity contribution in [3.63, 3.8) is 0 Å². The van der Waals surface area contributed by atoms with Crippen LogP contribution in [-0.4, -0.2) is 35.5 Å². The molecular formula is C15H16N2O3S2. The number of aryl methyl sites for hydroxylation is 1. The molecule has 0 spiro atoms. The summed E-state index contributed by atoms with van der Waals surface area (Å²) < 4.78 is 4.51. The van der Waals surface area contributed by atoms with Crippen LogP contribution in [0.2, 0.25) is 0 Å². The van der Waals surface area contributed by atoms with Crippen LogP contribution in [0.25, 0.3) is 11.3 Å². The second-order valence-electron chi connectivity index (χ2n) is 4.52. The molecule has 0 saturated carbocycles. The van der Waals surface area contributed by atoms with Crippen LogP contribution in [0.1, 0.15) is 5.56 Å². The van der Waals surface area contributed by atoms with E-state index in [1.165, 1.54) is 35.8 Å². The normalized spacial score (nSPS) is 10.3. The zero-order chi connectivity index (χ0) is 15.9. The highest BCUT2D eigenvalue weighted by atomic mass is 32.2. The van der Waals surface area contributed by atoms with Gasteiger partial charge in [0.1, 0.15) is 0 Å². The molecule has 0 saturated heterocycles. The molecule has 0 atom stereocenters. The SMILES string of the molecule is COC(=O)CSCC(=O)Nc1nc(-c2ccc(C)cc2)cs1. The highest BCUT2D eigenvalue weighted by molar-refractivity contribution is 8.00. The van der Waals surface area contributed by atoms with Gasteiger partial charge >= 0.3 is 5.97 Å². The van der Waals surface area contributed by atoms with Gasteiger partial charge in [-0.2, -0.15) is 0 Å². The number of thiazole rings is 1. The minimum Gasteiger partial charge on any atom is -0.468 e. The van der Waals surface area contributed by atoms with E-state index in [9.17, 15) is 9.59 Å². The molecule has 0 aliphatic carbocycles. The fourth-order valence-corrected chi connectivity index (χ4v) is 3.01. The van der Waals surface area contributed by atoms with Crippen LogP contribution >= 0.6 is 23.1 Å². The van der Waals surface area contributed by atoms with Gasteiger partial charge in [0.2, 0.25) is 5.91 Å². The smallest absolute Gasteiger partial charge is 0.315 e. The summed E-state index contributed by atoms with van der Waals surface area (Å²) in [6.45, 7) is 2.03. The van der Waals surface area contributed by atoms with Crippen LogP contribution in [0.4, 0.5) is 5.13 Å². The molecule has 1 aromatic heterocycles. The molecule has 0 radical (unpaired) electrons.